The zero-order valence-corrected chi connectivity index (χ0v) is 10.3. The number of aromatic hydroxyl groups is 1. The Morgan fingerprint density at radius 1 is 1.53 bits per heavy atom. The third-order valence-electron chi connectivity index (χ3n) is 1.79. The van der Waals surface area contributed by atoms with E-state index in [4.69, 9.17) is 11.6 Å². The zero-order chi connectivity index (χ0) is 11.3. The van der Waals surface area contributed by atoms with Crippen LogP contribution < -0.4 is 5.32 Å². The fourth-order valence-electron chi connectivity index (χ4n) is 1.05. The summed E-state index contributed by atoms with van der Waals surface area (Å²) in [6, 6.07) is 4.29. The summed E-state index contributed by atoms with van der Waals surface area (Å²) in [6.45, 7) is 0.579. The van der Waals surface area contributed by atoms with Gasteiger partial charge in [-0.3, -0.25) is 4.79 Å². The molecule has 0 aliphatic heterocycles. The molecule has 0 radical (unpaired) electrons. The standard InChI is InChI=1S/C10H11BrClNO2/c11-4-1-5-13-10(15)8-6-7(14)2-3-9(8)12/h2-3,6,14H,1,4-5H2,(H,13,15). The fraction of sp³-hybridized carbons (Fsp3) is 0.300. The largest absolute Gasteiger partial charge is 0.508 e. The van der Waals surface area contributed by atoms with Gasteiger partial charge in [0.05, 0.1) is 10.6 Å². The number of hydrogen-bond acceptors (Lipinski definition) is 2. The van der Waals surface area contributed by atoms with Crippen molar-refractivity contribution in [3.05, 3.63) is 28.8 Å². The number of halogens is 2. The minimum atomic E-state index is -0.267. The Morgan fingerprint density at radius 2 is 2.27 bits per heavy atom. The number of hydrogen-bond donors (Lipinski definition) is 2. The Labute approximate surface area is 102 Å². The van der Waals surface area contributed by atoms with Crippen molar-refractivity contribution in [3.8, 4) is 5.75 Å². The average Bonchev–Trinajstić information content (AvgIpc) is 2.22. The first-order valence-corrected chi connectivity index (χ1v) is 5.97. The summed E-state index contributed by atoms with van der Waals surface area (Å²) in [6.07, 6.45) is 0.849. The third-order valence-corrected chi connectivity index (χ3v) is 2.68. The van der Waals surface area contributed by atoms with Gasteiger partial charge in [0.2, 0.25) is 0 Å². The Balaban J connectivity index is 2.68. The molecule has 0 saturated heterocycles. The minimum absolute atomic E-state index is 0.0324. The summed E-state index contributed by atoms with van der Waals surface area (Å²) < 4.78 is 0. The van der Waals surface area contributed by atoms with Gasteiger partial charge in [-0.25, -0.2) is 0 Å². The van der Waals surface area contributed by atoms with Crippen LogP contribution in [0, 0.1) is 0 Å². The van der Waals surface area contributed by atoms with E-state index in [1.165, 1.54) is 18.2 Å². The van der Waals surface area contributed by atoms with E-state index < -0.39 is 0 Å². The molecular weight excluding hydrogens is 281 g/mol. The number of rotatable bonds is 4. The molecule has 2 N–H and O–H groups in total. The number of nitrogens with one attached hydrogen (secondary N) is 1. The van der Waals surface area contributed by atoms with E-state index in [0.717, 1.165) is 11.8 Å². The lowest BCUT2D eigenvalue weighted by atomic mass is 10.2. The number of phenols is 1. The number of carbonyl (C=O) groups excluding carboxylic acids is 1. The molecule has 0 bridgehead atoms. The van der Waals surface area contributed by atoms with Gasteiger partial charge in [0.25, 0.3) is 5.91 Å². The molecule has 0 saturated carbocycles. The van der Waals surface area contributed by atoms with Gasteiger partial charge in [-0.05, 0) is 24.6 Å². The van der Waals surface area contributed by atoms with Crippen molar-refractivity contribution < 1.29 is 9.90 Å². The highest BCUT2D eigenvalue weighted by atomic mass is 79.9. The molecule has 0 atom stereocenters. The Kier molecular flexibility index (Phi) is 4.91. The molecule has 0 heterocycles. The number of benzene rings is 1. The molecule has 0 aromatic heterocycles. The lowest BCUT2D eigenvalue weighted by Gasteiger charge is -2.06. The second kappa shape index (κ2) is 5.98. The first-order chi connectivity index (χ1) is 7.15. The van der Waals surface area contributed by atoms with Gasteiger partial charge < -0.3 is 10.4 Å². The monoisotopic (exact) mass is 291 g/mol. The van der Waals surface area contributed by atoms with Crippen molar-refractivity contribution in [1.29, 1.82) is 0 Å². The smallest absolute Gasteiger partial charge is 0.252 e. The maximum absolute atomic E-state index is 11.6. The predicted octanol–water partition coefficient (Wildman–Crippen LogP) is 2.56. The van der Waals surface area contributed by atoms with Crippen LogP contribution in [0.25, 0.3) is 0 Å². The molecule has 3 nitrogen and oxygen atoms in total. The second-order valence-corrected chi connectivity index (χ2v) is 4.16. The summed E-state index contributed by atoms with van der Waals surface area (Å²) in [5, 5.41) is 13.1. The number of alkyl halides is 1. The molecule has 0 aliphatic carbocycles. The summed E-state index contributed by atoms with van der Waals surface area (Å²) in [4.78, 5) is 11.6. The molecular formula is C10H11BrClNO2. The van der Waals surface area contributed by atoms with Crippen LogP contribution >= 0.6 is 27.5 Å². The van der Waals surface area contributed by atoms with Crippen LogP contribution in [0.5, 0.6) is 5.75 Å². The molecule has 15 heavy (non-hydrogen) atoms. The van der Waals surface area contributed by atoms with Gasteiger partial charge in [0.1, 0.15) is 5.75 Å². The van der Waals surface area contributed by atoms with E-state index in [1.807, 2.05) is 0 Å². The topological polar surface area (TPSA) is 49.3 Å². The van der Waals surface area contributed by atoms with Crippen LogP contribution in [0.15, 0.2) is 18.2 Å². The summed E-state index contributed by atoms with van der Waals surface area (Å²) in [5.41, 5.74) is 0.297. The maximum atomic E-state index is 11.6. The summed E-state index contributed by atoms with van der Waals surface area (Å²) >= 11 is 9.09. The fourth-order valence-corrected chi connectivity index (χ4v) is 1.53. The quantitative estimate of drug-likeness (QED) is 0.662. The number of phenolic OH excluding ortho intramolecular Hbond substituents is 1. The maximum Gasteiger partial charge on any atom is 0.252 e. The molecule has 5 heteroatoms. The first-order valence-electron chi connectivity index (χ1n) is 4.48. The lowest BCUT2D eigenvalue weighted by Crippen LogP contribution is -2.24. The van der Waals surface area contributed by atoms with Crippen molar-refractivity contribution in [2.75, 3.05) is 11.9 Å². The Morgan fingerprint density at radius 3 is 2.93 bits per heavy atom. The third kappa shape index (κ3) is 3.72. The number of amides is 1. The van der Waals surface area contributed by atoms with E-state index in [0.29, 0.717) is 17.1 Å². The van der Waals surface area contributed by atoms with E-state index in [1.54, 1.807) is 0 Å². The normalized spacial score (nSPS) is 10.0. The van der Waals surface area contributed by atoms with Gasteiger partial charge in [-0.2, -0.15) is 0 Å². The first kappa shape index (κ1) is 12.3. The zero-order valence-electron chi connectivity index (χ0n) is 7.96. The van der Waals surface area contributed by atoms with Gasteiger partial charge in [0, 0.05) is 11.9 Å². The van der Waals surface area contributed by atoms with Gasteiger partial charge in [-0.15, -0.1) is 0 Å². The van der Waals surface area contributed by atoms with Crippen LogP contribution in [-0.4, -0.2) is 22.9 Å². The van der Waals surface area contributed by atoms with E-state index >= 15 is 0 Å². The second-order valence-electron chi connectivity index (χ2n) is 2.96. The Hall–Kier alpha value is -0.740. The highest BCUT2D eigenvalue weighted by Crippen LogP contribution is 2.20. The van der Waals surface area contributed by atoms with Gasteiger partial charge in [-0.1, -0.05) is 27.5 Å². The van der Waals surface area contributed by atoms with E-state index in [2.05, 4.69) is 21.2 Å². The van der Waals surface area contributed by atoms with E-state index in [-0.39, 0.29) is 11.7 Å². The highest BCUT2D eigenvalue weighted by molar-refractivity contribution is 9.09. The average molecular weight is 293 g/mol. The van der Waals surface area contributed by atoms with Crippen LogP contribution in [0.3, 0.4) is 0 Å². The van der Waals surface area contributed by atoms with Crippen molar-refractivity contribution >= 4 is 33.4 Å². The van der Waals surface area contributed by atoms with Gasteiger partial charge >= 0.3 is 0 Å². The summed E-state index contributed by atoms with van der Waals surface area (Å²) in [5.74, 6) is -0.234. The highest BCUT2D eigenvalue weighted by Gasteiger charge is 2.10. The van der Waals surface area contributed by atoms with E-state index in [9.17, 15) is 9.90 Å². The molecule has 0 fully saturated rings. The van der Waals surface area contributed by atoms with Crippen LogP contribution in [-0.2, 0) is 0 Å². The molecule has 82 valence electrons. The molecule has 1 aromatic carbocycles. The minimum Gasteiger partial charge on any atom is -0.508 e. The molecule has 0 aliphatic rings. The molecule has 0 unspecified atom stereocenters. The molecule has 0 spiro atoms. The molecule has 1 rings (SSSR count). The molecule has 1 amide bonds. The SMILES string of the molecule is O=C(NCCCBr)c1cc(O)ccc1Cl. The van der Waals surface area contributed by atoms with Crippen molar-refractivity contribution in [1.82, 2.24) is 5.32 Å². The lowest BCUT2D eigenvalue weighted by molar-refractivity contribution is 0.0953. The van der Waals surface area contributed by atoms with Crippen molar-refractivity contribution in [2.24, 2.45) is 0 Å². The van der Waals surface area contributed by atoms with Crippen LogP contribution in [0.1, 0.15) is 16.8 Å². The van der Waals surface area contributed by atoms with Crippen LogP contribution in [0.2, 0.25) is 5.02 Å². The number of carbonyl (C=O) groups is 1. The van der Waals surface area contributed by atoms with Gasteiger partial charge in [0.15, 0.2) is 0 Å². The Bertz CT molecular complexity index is 357. The van der Waals surface area contributed by atoms with Crippen LogP contribution in [0.4, 0.5) is 0 Å². The van der Waals surface area contributed by atoms with Crippen molar-refractivity contribution in [3.63, 3.8) is 0 Å². The predicted molar refractivity (Wildman–Crippen MR) is 63.9 cm³/mol. The summed E-state index contributed by atoms with van der Waals surface area (Å²) in [7, 11) is 0. The molecule has 1 aromatic rings. The van der Waals surface area contributed by atoms with Crippen molar-refractivity contribution in [2.45, 2.75) is 6.42 Å².